The van der Waals surface area contributed by atoms with Crippen molar-refractivity contribution in [1.29, 1.82) is 0 Å². The summed E-state index contributed by atoms with van der Waals surface area (Å²) in [5.41, 5.74) is 1.44. The third-order valence-corrected chi connectivity index (χ3v) is 4.56. The second-order valence-corrected chi connectivity index (χ2v) is 7.12. The molecule has 170 valence electrons. The van der Waals surface area contributed by atoms with Gasteiger partial charge in [0.2, 0.25) is 5.90 Å². The number of ether oxygens (including phenoxy) is 7. The summed E-state index contributed by atoms with van der Waals surface area (Å²) < 4.78 is 36.6. The second-order valence-electron chi connectivity index (χ2n) is 7.12. The fourth-order valence-corrected chi connectivity index (χ4v) is 2.89. The Labute approximate surface area is 180 Å². The first-order valence-electron chi connectivity index (χ1n) is 10.2. The third kappa shape index (κ3) is 5.86. The van der Waals surface area contributed by atoms with Crippen LogP contribution in [0.15, 0.2) is 29.3 Å². The number of rotatable bonds is 7. The van der Waals surface area contributed by atoms with Gasteiger partial charge >= 0.3 is 12.3 Å². The summed E-state index contributed by atoms with van der Waals surface area (Å²) in [5.74, 6) is 0.982. The quantitative estimate of drug-likeness (QED) is 0.591. The van der Waals surface area contributed by atoms with Gasteiger partial charge in [0.25, 0.3) is 12.6 Å². The number of carbonyl (C=O) groups excluding carboxylic acids is 2. The van der Waals surface area contributed by atoms with E-state index in [0.717, 1.165) is 5.56 Å². The van der Waals surface area contributed by atoms with Crippen molar-refractivity contribution >= 4 is 18.2 Å². The SMILES string of the molecule is CCOC(=O)O[C@H]1OC(c2ccc(C3=N[C@@H](C(C)C)CO3)cc2)O[C@@H]1OC(=O)OCC. The lowest BCUT2D eigenvalue weighted by Crippen LogP contribution is -2.33. The summed E-state index contributed by atoms with van der Waals surface area (Å²) in [7, 11) is 0. The minimum atomic E-state index is -1.32. The highest BCUT2D eigenvalue weighted by atomic mass is 16.9. The molecule has 2 aliphatic rings. The molecule has 0 unspecified atom stereocenters. The monoisotopic (exact) mass is 437 g/mol. The van der Waals surface area contributed by atoms with E-state index in [4.69, 9.17) is 33.2 Å². The first-order valence-corrected chi connectivity index (χ1v) is 10.2. The van der Waals surface area contributed by atoms with E-state index in [1.54, 1.807) is 26.0 Å². The fourth-order valence-electron chi connectivity index (χ4n) is 2.89. The van der Waals surface area contributed by atoms with Gasteiger partial charge in [-0.25, -0.2) is 14.6 Å². The highest BCUT2D eigenvalue weighted by molar-refractivity contribution is 5.95. The van der Waals surface area contributed by atoms with Crippen LogP contribution in [0.3, 0.4) is 0 Å². The molecule has 0 aliphatic carbocycles. The van der Waals surface area contributed by atoms with Crippen molar-refractivity contribution in [3.8, 4) is 0 Å². The van der Waals surface area contributed by atoms with E-state index in [2.05, 4.69) is 18.8 Å². The molecule has 1 fully saturated rings. The number of nitrogens with zero attached hydrogens (tertiary/aromatic N) is 1. The van der Waals surface area contributed by atoms with Gasteiger partial charge < -0.3 is 33.2 Å². The van der Waals surface area contributed by atoms with Gasteiger partial charge in [-0.15, -0.1) is 0 Å². The largest absolute Gasteiger partial charge is 0.510 e. The van der Waals surface area contributed by atoms with E-state index in [1.807, 2.05) is 12.1 Å². The Hall–Kier alpha value is -2.85. The van der Waals surface area contributed by atoms with E-state index >= 15 is 0 Å². The maximum absolute atomic E-state index is 11.7. The van der Waals surface area contributed by atoms with Crippen LogP contribution in [0.1, 0.15) is 45.1 Å². The fraction of sp³-hybridized carbons (Fsp3) is 0.571. The molecule has 0 amide bonds. The molecule has 3 rings (SSSR count). The van der Waals surface area contributed by atoms with Crippen LogP contribution >= 0.6 is 0 Å². The van der Waals surface area contributed by atoms with Gasteiger partial charge in [0.05, 0.1) is 19.3 Å². The maximum Gasteiger partial charge on any atom is 0.510 e. The van der Waals surface area contributed by atoms with Crippen LogP contribution in [0.5, 0.6) is 0 Å². The zero-order valence-electron chi connectivity index (χ0n) is 17.9. The lowest BCUT2D eigenvalue weighted by Gasteiger charge is -2.16. The summed E-state index contributed by atoms with van der Waals surface area (Å²) in [6, 6.07) is 7.32. The predicted octanol–water partition coefficient (Wildman–Crippen LogP) is 3.53. The van der Waals surface area contributed by atoms with E-state index in [1.165, 1.54) is 0 Å². The Morgan fingerprint density at radius 1 is 1.00 bits per heavy atom. The molecular formula is C21H27NO9. The number of hydrogen-bond acceptors (Lipinski definition) is 10. The van der Waals surface area contributed by atoms with Crippen molar-refractivity contribution in [3.63, 3.8) is 0 Å². The third-order valence-electron chi connectivity index (χ3n) is 4.56. The standard InChI is InChI=1S/C21H27NO9/c1-5-25-20(23)30-18-19(31-21(24)26-6-2)29-17(28-18)14-9-7-13(8-10-14)16-22-15(11-27-16)12(3)4/h7-10,12,15,17-19H,5-6,11H2,1-4H3/t15-,18-,19-/m1/s1. The Kier molecular flexibility index (Phi) is 7.69. The number of benzene rings is 1. The molecule has 0 spiro atoms. The minimum Gasteiger partial charge on any atom is -0.475 e. The van der Waals surface area contributed by atoms with Crippen molar-refractivity contribution in [2.45, 2.75) is 52.6 Å². The first kappa shape index (κ1) is 22.8. The van der Waals surface area contributed by atoms with Crippen molar-refractivity contribution in [2.75, 3.05) is 19.8 Å². The minimum absolute atomic E-state index is 0.115. The molecule has 31 heavy (non-hydrogen) atoms. The molecule has 0 aromatic heterocycles. The second kappa shape index (κ2) is 10.5. The average molecular weight is 437 g/mol. The molecule has 1 saturated heterocycles. The van der Waals surface area contributed by atoms with Gasteiger partial charge in [0.15, 0.2) is 6.29 Å². The summed E-state index contributed by atoms with van der Waals surface area (Å²) in [4.78, 5) is 28.0. The highest BCUT2D eigenvalue weighted by Crippen LogP contribution is 2.33. The van der Waals surface area contributed by atoms with Crippen LogP contribution in [-0.4, -0.2) is 56.7 Å². The summed E-state index contributed by atoms with van der Waals surface area (Å²) in [6.45, 7) is 8.25. The lowest BCUT2D eigenvalue weighted by molar-refractivity contribution is -0.159. The summed E-state index contributed by atoms with van der Waals surface area (Å²) >= 11 is 0. The van der Waals surface area contributed by atoms with Gasteiger partial charge in [-0.3, -0.25) is 0 Å². The summed E-state index contributed by atoms with van der Waals surface area (Å²) in [5, 5.41) is 0. The van der Waals surface area contributed by atoms with Crippen LogP contribution < -0.4 is 0 Å². The average Bonchev–Trinajstić information content (AvgIpc) is 3.37. The molecule has 2 aliphatic heterocycles. The molecular weight excluding hydrogens is 410 g/mol. The molecule has 0 radical (unpaired) electrons. The zero-order valence-corrected chi connectivity index (χ0v) is 17.9. The van der Waals surface area contributed by atoms with Gasteiger partial charge in [-0.2, -0.15) is 0 Å². The van der Waals surface area contributed by atoms with Gasteiger partial charge in [0.1, 0.15) is 6.61 Å². The number of aliphatic imine (C=N–C) groups is 1. The van der Waals surface area contributed by atoms with Gasteiger partial charge in [-0.05, 0) is 31.9 Å². The Balaban J connectivity index is 1.69. The van der Waals surface area contributed by atoms with E-state index in [-0.39, 0.29) is 19.3 Å². The van der Waals surface area contributed by atoms with Crippen molar-refractivity contribution in [2.24, 2.45) is 10.9 Å². The van der Waals surface area contributed by atoms with Crippen LogP contribution in [0.2, 0.25) is 0 Å². The predicted molar refractivity (Wildman–Crippen MR) is 106 cm³/mol. The molecule has 10 heteroatoms. The molecule has 1 aromatic rings. The maximum atomic E-state index is 11.7. The van der Waals surface area contributed by atoms with Crippen LogP contribution in [0, 0.1) is 5.92 Å². The van der Waals surface area contributed by atoms with Crippen molar-refractivity contribution < 1.29 is 42.7 Å². The topological polar surface area (TPSA) is 111 Å². The Morgan fingerprint density at radius 3 is 2.00 bits per heavy atom. The van der Waals surface area contributed by atoms with E-state index in [0.29, 0.717) is 24.0 Å². The first-order chi connectivity index (χ1) is 14.9. The lowest BCUT2D eigenvalue weighted by atomic mass is 10.1. The zero-order chi connectivity index (χ0) is 22.4. The van der Waals surface area contributed by atoms with Crippen LogP contribution in [-0.2, 0) is 33.2 Å². The van der Waals surface area contributed by atoms with Crippen molar-refractivity contribution in [1.82, 2.24) is 0 Å². The summed E-state index contributed by atoms with van der Waals surface area (Å²) in [6.07, 6.45) is -5.52. The highest BCUT2D eigenvalue weighted by Gasteiger charge is 2.43. The van der Waals surface area contributed by atoms with Gasteiger partial charge in [-0.1, -0.05) is 26.0 Å². The smallest absolute Gasteiger partial charge is 0.475 e. The Bertz CT molecular complexity index is 765. The normalized spacial score (nSPS) is 23.3. The van der Waals surface area contributed by atoms with E-state index in [9.17, 15) is 9.59 Å². The molecule has 0 bridgehead atoms. The molecule has 0 N–H and O–H groups in total. The molecule has 1 aromatic carbocycles. The number of hydrogen-bond donors (Lipinski definition) is 0. The van der Waals surface area contributed by atoms with Crippen LogP contribution in [0.4, 0.5) is 9.59 Å². The molecule has 10 nitrogen and oxygen atoms in total. The molecule has 0 saturated carbocycles. The number of carbonyl (C=O) groups is 2. The van der Waals surface area contributed by atoms with Gasteiger partial charge in [0, 0.05) is 11.1 Å². The van der Waals surface area contributed by atoms with Crippen LogP contribution in [0.25, 0.3) is 0 Å². The Morgan fingerprint density at radius 2 is 1.55 bits per heavy atom. The van der Waals surface area contributed by atoms with E-state index < -0.39 is 31.2 Å². The molecule has 2 heterocycles. The molecule has 3 atom stereocenters. The van der Waals surface area contributed by atoms with Crippen molar-refractivity contribution in [3.05, 3.63) is 35.4 Å².